The highest BCUT2D eigenvalue weighted by molar-refractivity contribution is 7.52. The normalized spacial score (nSPS) is 25.1. The Morgan fingerprint density at radius 2 is 1.53 bits per heavy atom. The summed E-state index contributed by atoms with van der Waals surface area (Å²) in [6.07, 6.45) is 10.9. The van der Waals surface area contributed by atoms with Crippen LogP contribution in [0, 0.1) is 11.3 Å². The van der Waals surface area contributed by atoms with E-state index in [1.165, 1.54) is 16.2 Å². The molecule has 5 atom stereocenters. The van der Waals surface area contributed by atoms with Gasteiger partial charge in [0.15, 0.2) is 0 Å². The molecule has 5 aliphatic rings. The molecule has 0 radical (unpaired) electrons. The van der Waals surface area contributed by atoms with Crippen LogP contribution in [0.2, 0.25) is 0 Å². The second-order valence-electron chi connectivity index (χ2n) is 18.7. The molecule has 1 unspecified atom stereocenters. The molecule has 0 spiro atoms. The maximum Gasteiger partial charge on any atom is 0.435 e. The first-order valence-corrected chi connectivity index (χ1v) is 24.7. The number of benzene rings is 1. The van der Waals surface area contributed by atoms with Gasteiger partial charge in [-0.2, -0.15) is 0 Å². The molecule has 8 rings (SSSR count). The maximum absolute atomic E-state index is 14.9. The molecule has 5 amide bonds. The van der Waals surface area contributed by atoms with E-state index in [0.717, 1.165) is 56.2 Å². The SMILES string of the molecule is C=CC1C[C@]1(NC(=O)[C@@H]1C[C@@H](Oc2nc3ccccc3nc2-c2cccs2)CN1C(=O)[C@@H](NC(=O)NC1CCCC1)C(C)(C)C)C(=O)NP(=O)(OC1CCCC1)OC1CCCC1. The topological polar surface area (TPSA) is 190 Å². The first-order chi connectivity index (χ1) is 29.7. The Kier molecular flexibility index (Phi) is 13.1. The van der Waals surface area contributed by atoms with Gasteiger partial charge in [-0.25, -0.2) is 19.3 Å². The summed E-state index contributed by atoms with van der Waals surface area (Å²) in [5.41, 5.74) is -0.425. The number of hydrogen-bond acceptors (Lipinski definition) is 11. The van der Waals surface area contributed by atoms with Crippen molar-refractivity contribution >= 4 is 53.9 Å². The van der Waals surface area contributed by atoms with E-state index in [0.29, 0.717) is 42.4 Å². The van der Waals surface area contributed by atoms with Crippen LogP contribution in [-0.4, -0.2) is 87.1 Å². The van der Waals surface area contributed by atoms with Gasteiger partial charge in [0.25, 0.3) is 5.91 Å². The summed E-state index contributed by atoms with van der Waals surface area (Å²) < 4.78 is 33.3. The van der Waals surface area contributed by atoms with Crippen molar-refractivity contribution in [3.05, 3.63) is 54.4 Å². The van der Waals surface area contributed by atoms with Crippen LogP contribution in [0.4, 0.5) is 4.79 Å². The molecule has 0 bridgehead atoms. The Balaban J connectivity index is 1.07. The van der Waals surface area contributed by atoms with Gasteiger partial charge >= 0.3 is 13.8 Å². The standard InChI is InChI=1S/C45H60N7O8PS/c1-5-28-26-45(28,42(55)51-61(57,59-30-17-8-9-18-30)60-31-19-10-11-20-31)50-39(53)35-25-32(58-40-37(36-23-14-24-62-36)47-33-21-12-13-22-34(33)48-40)27-52(35)41(54)38(44(2,3)4)49-43(56)46-29-15-6-7-16-29/h5,12-14,21-24,28-32,35,38H,1,6-11,15-20,25-27H2,2-4H3,(H,50,53)(H2,46,49,56)(H,51,55,57)/t28?,32-,35+,38-,45-/m1/s1. The number of fused-ring (bicyclic) bond motifs is 1. The number of aromatic nitrogens is 2. The van der Waals surface area contributed by atoms with Crippen LogP contribution in [0.3, 0.4) is 0 Å². The predicted octanol–water partition coefficient (Wildman–Crippen LogP) is 7.57. The van der Waals surface area contributed by atoms with Gasteiger partial charge in [-0.05, 0) is 73.9 Å². The zero-order chi connectivity index (χ0) is 43.6. The number of hydrogen-bond donors (Lipinski definition) is 4. The van der Waals surface area contributed by atoms with Gasteiger partial charge < -0.3 is 25.6 Å². The van der Waals surface area contributed by atoms with Crippen molar-refractivity contribution in [3.8, 4) is 16.5 Å². The van der Waals surface area contributed by atoms with Crippen molar-refractivity contribution < 1.29 is 37.5 Å². The van der Waals surface area contributed by atoms with Gasteiger partial charge in [0.1, 0.15) is 29.4 Å². The van der Waals surface area contributed by atoms with Crippen molar-refractivity contribution in [3.63, 3.8) is 0 Å². The van der Waals surface area contributed by atoms with E-state index in [9.17, 15) is 23.7 Å². The highest BCUT2D eigenvalue weighted by Gasteiger charge is 2.62. The third kappa shape index (κ3) is 9.88. The van der Waals surface area contributed by atoms with Crippen molar-refractivity contribution in [2.45, 2.75) is 153 Å². The van der Waals surface area contributed by atoms with E-state index >= 15 is 0 Å². The van der Waals surface area contributed by atoms with Crippen molar-refractivity contribution in [1.82, 2.24) is 35.9 Å². The highest BCUT2D eigenvalue weighted by atomic mass is 32.1. The molecule has 3 aromatic rings. The van der Waals surface area contributed by atoms with Crippen LogP contribution in [0.25, 0.3) is 21.6 Å². The van der Waals surface area contributed by atoms with E-state index in [1.54, 1.807) is 6.08 Å². The van der Waals surface area contributed by atoms with Crippen molar-refractivity contribution in [2.24, 2.45) is 11.3 Å². The Labute approximate surface area is 367 Å². The minimum atomic E-state index is -4.14. The molecule has 1 saturated heterocycles. The molecule has 4 aliphatic carbocycles. The average Bonchev–Trinajstić information content (AvgIpc) is 4.01. The first kappa shape index (κ1) is 44.2. The molecule has 1 aromatic carbocycles. The largest absolute Gasteiger partial charge is 0.471 e. The molecule has 5 fully saturated rings. The van der Waals surface area contributed by atoms with Crippen LogP contribution in [0.1, 0.15) is 111 Å². The number of urea groups is 1. The number of carbonyl (C=O) groups is 4. The Bertz CT molecular complexity index is 2160. The summed E-state index contributed by atoms with van der Waals surface area (Å²) in [5, 5.41) is 13.5. The minimum absolute atomic E-state index is 0.0163. The number of para-hydroxylation sites is 2. The Hall–Kier alpha value is -4.37. The molecule has 17 heteroatoms. The summed E-state index contributed by atoms with van der Waals surface area (Å²) in [7, 11) is -4.14. The number of likely N-dealkylation sites (tertiary alicyclic amines) is 1. The van der Waals surface area contributed by atoms with Crippen LogP contribution in [0.15, 0.2) is 54.4 Å². The zero-order valence-electron chi connectivity index (χ0n) is 35.9. The quantitative estimate of drug-likeness (QED) is 0.0875. The summed E-state index contributed by atoms with van der Waals surface area (Å²) in [6, 6.07) is 8.76. The zero-order valence-corrected chi connectivity index (χ0v) is 37.6. The molecule has 3 heterocycles. The third-order valence-electron chi connectivity index (χ3n) is 13.0. The number of thiophene rings is 1. The van der Waals surface area contributed by atoms with Gasteiger partial charge in [-0.3, -0.25) is 28.5 Å². The molecule has 2 aromatic heterocycles. The maximum atomic E-state index is 14.9. The van der Waals surface area contributed by atoms with E-state index in [4.69, 9.17) is 23.8 Å². The number of nitrogens with zero attached hydrogens (tertiary/aromatic N) is 3. The van der Waals surface area contributed by atoms with E-state index in [-0.39, 0.29) is 43.5 Å². The van der Waals surface area contributed by atoms with Crippen LogP contribution < -0.4 is 25.8 Å². The summed E-state index contributed by atoms with van der Waals surface area (Å²) >= 11 is 1.49. The van der Waals surface area contributed by atoms with Crippen LogP contribution in [-0.2, 0) is 28.0 Å². The fourth-order valence-corrected chi connectivity index (χ4v) is 11.9. The fraction of sp³-hybridized carbons (Fsp3) is 0.600. The van der Waals surface area contributed by atoms with Gasteiger partial charge in [0.2, 0.25) is 17.7 Å². The number of amides is 5. The molecule has 4 N–H and O–H groups in total. The lowest BCUT2D eigenvalue weighted by molar-refractivity contribution is -0.142. The second-order valence-corrected chi connectivity index (χ2v) is 21.3. The lowest BCUT2D eigenvalue weighted by Crippen LogP contribution is -2.61. The fourth-order valence-electron chi connectivity index (χ4n) is 9.43. The van der Waals surface area contributed by atoms with E-state index in [2.05, 4.69) is 27.6 Å². The van der Waals surface area contributed by atoms with Crippen molar-refractivity contribution in [1.29, 1.82) is 0 Å². The highest BCUT2D eigenvalue weighted by Crippen LogP contribution is 2.53. The van der Waals surface area contributed by atoms with Gasteiger partial charge in [0.05, 0.1) is 34.7 Å². The molecular formula is C45H60N7O8PS. The predicted molar refractivity (Wildman–Crippen MR) is 236 cm³/mol. The van der Waals surface area contributed by atoms with E-state index in [1.807, 2.05) is 62.5 Å². The minimum Gasteiger partial charge on any atom is -0.471 e. The van der Waals surface area contributed by atoms with Gasteiger partial charge in [-0.15, -0.1) is 17.9 Å². The van der Waals surface area contributed by atoms with Crippen LogP contribution >= 0.6 is 19.1 Å². The number of carbonyl (C=O) groups excluding carboxylic acids is 4. The summed E-state index contributed by atoms with van der Waals surface area (Å²) in [4.78, 5) is 69.6. The molecule has 334 valence electrons. The van der Waals surface area contributed by atoms with Gasteiger partial charge in [-0.1, -0.05) is 83.6 Å². The molecule has 62 heavy (non-hydrogen) atoms. The van der Waals surface area contributed by atoms with Crippen molar-refractivity contribution in [2.75, 3.05) is 6.54 Å². The van der Waals surface area contributed by atoms with Crippen LogP contribution in [0.5, 0.6) is 5.88 Å². The number of ether oxygens (including phenoxy) is 1. The third-order valence-corrected chi connectivity index (χ3v) is 15.5. The second kappa shape index (κ2) is 18.4. The molecule has 4 saturated carbocycles. The summed E-state index contributed by atoms with van der Waals surface area (Å²) in [6.45, 7) is 9.50. The first-order valence-electron chi connectivity index (χ1n) is 22.3. The monoisotopic (exact) mass is 889 g/mol. The smallest absolute Gasteiger partial charge is 0.435 e. The molecule has 1 aliphatic heterocycles. The number of nitrogens with one attached hydrogen (secondary N) is 4. The number of rotatable bonds is 15. The molecular weight excluding hydrogens is 830 g/mol. The summed E-state index contributed by atoms with van der Waals surface area (Å²) in [5.74, 6) is -1.99. The van der Waals surface area contributed by atoms with E-state index < -0.39 is 66.6 Å². The Morgan fingerprint density at radius 3 is 2.11 bits per heavy atom. The lowest BCUT2D eigenvalue weighted by atomic mass is 9.85. The lowest BCUT2D eigenvalue weighted by Gasteiger charge is -2.36. The molecule has 15 nitrogen and oxygen atoms in total. The van der Waals surface area contributed by atoms with Gasteiger partial charge in [0, 0.05) is 18.4 Å². The Morgan fingerprint density at radius 1 is 0.903 bits per heavy atom. The average molecular weight is 890 g/mol.